The summed E-state index contributed by atoms with van der Waals surface area (Å²) in [5.41, 5.74) is 5.58. The summed E-state index contributed by atoms with van der Waals surface area (Å²) in [7, 11) is 0. The molecule has 0 aliphatic rings. The zero-order valence-corrected chi connectivity index (χ0v) is 12.5. The molecule has 0 heterocycles. The van der Waals surface area contributed by atoms with Crippen molar-refractivity contribution < 1.29 is 18.3 Å². The zero-order chi connectivity index (χ0) is 12.3. The first-order chi connectivity index (χ1) is 6.54. The summed E-state index contributed by atoms with van der Waals surface area (Å²) < 4.78 is 15.2. The number of hydrogen-bond donors (Lipinski definition) is 2. The van der Waals surface area contributed by atoms with Crippen molar-refractivity contribution in [3.8, 4) is 0 Å². The van der Waals surface area contributed by atoms with Crippen molar-refractivity contribution in [3.05, 3.63) is 0 Å². The highest BCUT2D eigenvalue weighted by Gasteiger charge is 2.27. The Bertz CT molecular complexity index is 269. The van der Waals surface area contributed by atoms with Gasteiger partial charge in [0.05, 0.1) is 12.2 Å². The molecule has 0 aliphatic heterocycles. The van der Waals surface area contributed by atoms with Crippen LogP contribution in [0.5, 0.6) is 0 Å². The van der Waals surface area contributed by atoms with Gasteiger partial charge in [-0.05, 0) is 51.3 Å². The summed E-state index contributed by atoms with van der Waals surface area (Å²) >= 11 is 9.63. The summed E-state index contributed by atoms with van der Waals surface area (Å²) in [5, 5.41) is 0. The van der Waals surface area contributed by atoms with Crippen LogP contribution in [-0.2, 0) is 37.0 Å². The second kappa shape index (κ2) is 6.15. The summed E-state index contributed by atoms with van der Waals surface area (Å²) in [6.07, 6.45) is -0.440. The SMILES string of the molecule is CC(C)OP(N)(=S)OP(O)(=S)OC(C)C. The molecule has 0 saturated carbocycles. The third-order valence-corrected chi connectivity index (χ3v) is 5.77. The van der Waals surface area contributed by atoms with Gasteiger partial charge < -0.3 is 13.9 Å². The largest absolute Gasteiger partial charge is 0.331 e. The molecule has 15 heavy (non-hydrogen) atoms. The van der Waals surface area contributed by atoms with Gasteiger partial charge in [0.1, 0.15) is 0 Å². The molecule has 0 amide bonds. The third kappa shape index (κ3) is 8.86. The highest BCUT2D eigenvalue weighted by atomic mass is 32.5. The van der Waals surface area contributed by atoms with E-state index in [1.807, 2.05) is 0 Å². The van der Waals surface area contributed by atoms with Crippen LogP contribution in [0.4, 0.5) is 0 Å². The molecule has 2 unspecified atom stereocenters. The normalized spacial score (nSPS) is 20.3. The van der Waals surface area contributed by atoms with Gasteiger partial charge >= 0.3 is 6.72 Å². The Morgan fingerprint density at radius 1 is 1.07 bits per heavy atom. The molecule has 5 nitrogen and oxygen atoms in total. The van der Waals surface area contributed by atoms with E-state index in [2.05, 4.69) is 0 Å². The Labute approximate surface area is 101 Å². The lowest BCUT2D eigenvalue weighted by atomic mass is 10.5. The Morgan fingerprint density at radius 3 is 1.80 bits per heavy atom. The van der Waals surface area contributed by atoms with E-state index in [0.717, 1.165) is 0 Å². The van der Waals surface area contributed by atoms with Crippen LogP contribution in [0.25, 0.3) is 0 Å². The minimum Gasteiger partial charge on any atom is -0.324 e. The average Bonchev–Trinajstić information content (AvgIpc) is 1.73. The Balaban J connectivity index is 4.44. The molecule has 0 aromatic carbocycles. The predicted octanol–water partition coefficient (Wildman–Crippen LogP) is 2.25. The maximum Gasteiger partial charge on any atom is 0.331 e. The van der Waals surface area contributed by atoms with Crippen molar-refractivity contribution in [2.24, 2.45) is 5.50 Å². The van der Waals surface area contributed by atoms with Crippen molar-refractivity contribution >= 4 is 37.0 Å². The van der Waals surface area contributed by atoms with Crippen LogP contribution >= 0.6 is 13.4 Å². The quantitative estimate of drug-likeness (QED) is 0.727. The van der Waals surface area contributed by atoms with Gasteiger partial charge in [0.15, 0.2) is 0 Å². The summed E-state index contributed by atoms with van der Waals surface area (Å²) in [6, 6.07) is 0. The minimum absolute atomic E-state index is 0.185. The van der Waals surface area contributed by atoms with E-state index in [1.165, 1.54) is 0 Å². The van der Waals surface area contributed by atoms with Gasteiger partial charge in [0.25, 0.3) is 6.64 Å². The second-order valence-electron chi connectivity index (χ2n) is 3.40. The van der Waals surface area contributed by atoms with Gasteiger partial charge in [-0.15, -0.1) is 0 Å². The summed E-state index contributed by atoms with van der Waals surface area (Å²) in [6.45, 7) is 0.562. The molecule has 0 radical (unpaired) electrons. The maximum absolute atomic E-state index is 9.62. The smallest absolute Gasteiger partial charge is 0.324 e. The molecule has 9 heteroatoms. The minimum atomic E-state index is -3.40. The van der Waals surface area contributed by atoms with Crippen molar-refractivity contribution in [2.75, 3.05) is 0 Å². The highest BCUT2D eigenvalue weighted by Crippen LogP contribution is 2.59. The predicted molar refractivity (Wildman–Crippen MR) is 68.5 cm³/mol. The van der Waals surface area contributed by atoms with Crippen molar-refractivity contribution in [1.29, 1.82) is 0 Å². The van der Waals surface area contributed by atoms with Gasteiger partial charge in [-0.3, -0.25) is 5.50 Å². The molecule has 3 N–H and O–H groups in total. The molecule has 0 fully saturated rings. The monoisotopic (exact) mass is 293 g/mol. The number of hydrogen-bond acceptors (Lipinski definition) is 5. The van der Waals surface area contributed by atoms with Crippen LogP contribution in [0, 0.1) is 0 Å². The van der Waals surface area contributed by atoms with E-state index in [1.54, 1.807) is 27.7 Å². The van der Waals surface area contributed by atoms with E-state index >= 15 is 0 Å². The van der Waals surface area contributed by atoms with E-state index < -0.39 is 13.4 Å². The van der Waals surface area contributed by atoms with E-state index in [-0.39, 0.29) is 12.2 Å². The molecule has 0 aromatic rings. The lowest BCUT2D eigenvalue weighted by Gasteiger charge is -2.25. The molecule has 0 aromatic heterocycles. The van der Waals surface area contributed by atoms with Crippen LogP contribution in [-0.4, -0.2) is 17.1 Å². The molecule has 0 spiro atoms. The average molecular weight is 293 g/mol. The lowest BCUT2D eigenvalue weighted by Crippen LogP contribution is -2.10. The molecule has 0 aliphatic carbocycles. The Hall–Kier alpha value is 1.10. The first kappa shape index (κ1) is 16.1. The number of rotatable bonds is 6. The fourth-order valence-corrected chi connectivity index (χ4v) is 6.44. The van der Waals surface area contributed by atoms with E-state index in [9.17, 15) is 4.89 Å². The third-order valence-electron chi connectivity index (χ3n) is 0.919. The Kier molecular flexibility index (Phi) is 6.60. The molecular formula is C6H17NO4P2S2. The topological polar surface area (TPSA) is 73.9 Å². The fraction of sp³-hybridized carbons (Fsp3) is 1.00. The second-order valence-corrected chi connectivity index (χ2v) is 9.40. The van der Waals surface area contributed by atoms with Crippen LogP contribution in [0.1, 0.15) is 27.7 Å². The van der Waals surface area contributed by atoms with Crippen LogP contribution in [0.3, 0.4) is 0 Å². The molecule has 0 rings (SSSR count). The van der Waals surface area contributed by atoms with Crippen LogP contribution in [0.2, 0.25) is 0 Å². The molecule has 92 valence electrons. The maximum atomic E-state index is 9.62. The molecule has 0 saturated heterocycles. The van der Waals surface area contributed by atoms with Gasteiger partial charge in [0, 0.05) is 0 Å². The van der Waals surface area contributed by atoms with E-state index in [0.29, 0.717) is 0 Å². The lowest BCUT2D eigenvalue weighted by molar-refractivity contribution is 0.188. The molecule has 2 atom stereocenters. The first-order valence-corrected chi connectivity index (χ1v) is 9.63. The van der Waals surface area contributed by atoms with Crippen molar-refractivity contribution in [2.45, 2.75) is 39.9 Å². The highest BCUT2D eigenvalue weighted by molar-refractivity contribution is 8.15. The van der Waals surface area contributed by atoms with E-state index in [4.69, 9.17) is 42.5 Å². The van der Waals surface area contributed by atoms with Gasteiger partial charge in [-0.25, -0.2) is 4.31 Å². The summed E-state index contributed by atoms with van der Waals surface area (Å²) in [5.74, 6) is 0. The fourth-order valence-electron chi connectivity index (χ4n) is 0.743. The molecular weight excluding hydrogens is 276 g/mol. The van der Waals surface area contributed by atoms with Crippen molar-refractivity contribution in [3.63, 3.8) is 0 Å². The van der Waals surface area contributed by atoms with Gasteiger partial charge in [-0.2, -0.15) is 0 Å². The van der Waals surface area contributed by atoms with Gasteiger partial charge in [-0.1, -0.05) is 0 Å². The number of nitrogens with two attached hydrogens (primary N) is 1. The van der Waals surface area contributed by atoms with Crippen LogP contribution < -0.4 is 5.50 Å². The first-order valence-electron chi connectivity index (χ1n) is 4.33. The zero-order valence-electron chi connectivity index (χ0n) is 9.11. The van der Waals surface area contributed by atoms with Gasteiger partial charge in [0.2, 0.25) is 0 Å². The summed E-state index contributed by atoms with van der Waals surface area (Å²) in [4.78, 5) is 9.62. The Morgan fingerprint density at radius 2 is 1.47 bits per heavy atom. The molecule has 0 bridgehead atoms. The van der Waals surface area contributed by atoms with Crippen LogP contribution in [0.15, 0.2) is 0 Å². The standard InChI is InChI=1S/C6H17NO4P2S2/c1-5(2)9-12(7,14)11-13(8,15)10-6(3)4/h5-6H,1-4H3,(H2,7,14)(H,8,15). The van der Waals surface area contributed by atoms with Crippen molar-refractivity contribution in [1.82, 2.24) is 0 Å².